The van der Waals surface area contributed by atoms with Crippen molar-refractivity contribution >= 4 is 43.6 Å². The molecule has 0 spiro atoms. The summed E-state index contributed by atoms with van der Waals surface area (Å²) in [6, 6.07) is 5.32. The molecule has 1 atom stereocenters. The number of hydrogen-bond donors (Lipinski definition) is 0. The van der Waals surface area contributed by atoms with Crippen molar-refractivity contribution in [3.63, 3.8) is 0 Å². The molecule has 1 unspecified atom stereocenters. The Bertz CT molecular complexity index is 756. The molecule has 0 fully saturated rings. The predicted octanol–water partition coefficient (Wildman–Crippen LogP) is 7.51. The molecule has 1 aromatic rings. The Labute approximate surface area is 164 Å². The summed E-state index contributed by atoms with van der Waals surface area (Å²) in [7, 11) is 0. The molecule has 1 aliphatic carbocycles. The number of hydrogen-bond acceptors (Lipinski definition) is 1. The van der Waals surface area contributed by atoms with Crippen LogP contribution in [-0.2, 0) is 4.32 Å². The molecule has 1 aliphatic rings. The van der Waals surface area contributed by atoms with Crippen molar-refractivity contribution < 1.29 is 35.1 Å². The summed E-state index contributed by atoms with van der Waals surface area (Å²) in [6.07, 6.45) is -4.40. The first-order chi connectivity index (χ1) is 11.7. The average Bonchev–Trinajstić information content (AvgIpc) is 2.44. The van der Waals surface area contributed by atoms with Crippen molar-refractivity contribution in [3.8, 4) is 0 Å². The first-order valence-electron chi connectivity index (χ1n) is 6.74. The van der Waals surface area contributed by atoms with E-state index in [1.165, 1.54) is 18.2 Å². The van der Waals surface area contributed by atoms with Gasteiger partial charge >= 0.3 is 17.4 Å². The Morgan fingerprint density at radius 2 is 1.58 bits per heavy atom. The molecule has 26 heavy (non-hydrogen) atoms. The van der Waals surface area contributed by atoms with Crippen molar-refractivity contribution in [2.75, 3.05) is 0 Å². The number of alkyl halides is 8. The van der Waals surface area contributed by atoms with Gasteiger partial charge in [0, 0.05) is 16.9 Å². The van der Waals surface area contributed by atoms with Gasteiger partial charge in [-0.25, -0.2) is 4.39 Å². The van der Waals surface area contributed by atoms with Crippen LogP contribution in [0.4, 0.5) is 35.1 Å². The van der Waals surface area contributed by atoms with E-state index in [0.717, 1.165) is 18.2 Å². The molecule has 0 bridgehead atoms. The summed E-state index contributed by atoms with van der Waals surface area (Å²) in [4.78, 5) is -0.572. The van der Waals surface area contributed by atoms with Gasteiger partial charge in [-0.3, -0.25) is 0 Å². The highest BCUT2D eigenvalue weighted by molar-refractivity contribution is 9.12. The average molecular weight is 532 g/mol. The highest BCUT2D eigenvalue weighted by Gasteiger charge is 2.73. The lowest BCUT2D eigenvalue weighted by molar-refractivity contribution is -0.330. The van der Waals surface area contributed by atoms with E-state index in [1.807, 2.05) is 0 Å². The Hall–Kier alpha value is -0.550. The molecular weight excluding hydrogens is 524 g/mol. The van der Waals surface area contributed by atoms with Crippen LogP contribution in [0.1, 0.15) is 12.0 Å². The molecule has 2 rings (SSSR count). The molecule has 144 valence electrons. The van der Waals surface area contributed by atoms with Crippen LogP contribution in [0.2, 0.25) is 0 Å². The molecule has 0 saturated carbocycles. The highest BCUT2D eigenvalue weighted by atomic mass is 79.9. The lowest BCUT2D eigenvalue weighted by Crippen LogP contribution is -2.50. The maximum Gasteiger partial charge on any atom is 0.460 e. The third-order valence-corrected chi connectivity index (χ3v) is 5.82. The number of rotatable bonds is 4. The molecule has 11 heteroatoms. The fourth-order valence-electron chi connectivity index (χ4n) is 2.18. The van der Waals surface area contributed by atoms with Crippen LogP contribution in [0.5, 0.6) is 0 Å². The summed E-state index contributed by atoms with van der Waals surface area (Å²) < 4.78 is 103. The maximum atomic E-state index is 14.0. The van der Waals surface area contributed by atoms with Gasteiger partial charge < -0.3 is 0 Å². The Morgan fingerprint density at radius 1 is 1.00 bits per heavy atom. The van der Waals surface area contributed by atoms with Gasteiger partial charge in [0.15, 0.2) is 0 Å². The quantitative estimate of drug-likeness (QED) is 0.286. The van der Waals surface area contributed by atoms with E-state index in [2.05, 4.69) is 31.9 Å². The minimum Gasteiger partial charge on any atom is -0.207 e. The summed E-state index contributed by atoms with van der Waals surface area (Å²) in [5, 5.41) is -5.46. The van der Waals surface area contributed by atoms with E-state index < -0.39 is 44.2 Å². The molecule has 0 amide bonds. The van der Waals surface area contributed by atoms with Crippen LogP contribution >= 0.6 is 43.6 Å². The second-order valence-electron chi connectivity index (χ2n) is 5.35. The zero-order valence-corrected chi connectivity index (χ0v) is 16.3. The van der Waals surface area contributed by atoms with E-state index in [1.54, 1.807) is 0 Å². The molecule has 1 aromatic carbocycles. The Morgan fingerprint density at radius 3 is 2.12 bits per heavy atom. The van der Waals surface area contributed by atoms with Gasteiger partial charge in [0.2, 0.25) is 0 Å². The maximum absolute atomic E-state index is 14.0. The van der Waals surface area contributed by atoms with Crippen molar-refractivity contribution in [2.24, 2.45) is 0 Å². The summed E-state index contributed by atoms with van der Waals surface area (Å²) in [5.41, 5.74) is 0.0223. The minimum absolute atomic E-state index is 0.0223. The highest BCUT2D eigenvalue weighted by Crippen LogP contribution is 2.56. The molecule has 0 aromatic heterocycles. The van der Waals surface area contributed by atoms with E-state index in [-0.39, 0.29) is 16.5 Å². The molecule has 0 radical (unpaired) electrons. The molecule has 0 heterocycles. The number of halogens is 10. The van der Waals surface area contributed by atoms with Gasteiger partial charge in [0.1, 0.15) is 5.82 Å². The van der Waals surface area contributed by atoms with E-state index in [0.29, 0.717) is 0 Å². The first-order valence-corrected chi connectivity index (χ1v) is 9.14. The fraction of sp³-hybridized carbons (Fsp3) is 0.333. The second kappa shape index (κ2) is 7.12. The van der Waals surface area contributed by atoms with E-state index in [4.69, 9.17) is 0 Å². The summed E-state index contributed by atoms with van der Waals surface area (Å²) in [5.74, 6) is -6.93. The van der Waals surface area contributed by atoms with E-state index >= 15 is 0 Å². The topological polar surface area (TPSA) is 0 Å². The standard InChI is InChI=1S/C15H8Br2F8S/c16-8-5-9(26-15(24,25)13(19,20)14(21,22)23)7-12(17,6-8)10-3-1-2-4-11(10)18/h1-5,7H,6H2. The Kier molecular flexibility index (Phi) is 5.96. The number of thioether (sulfide) groups is 1. The van der Waals surface area contributed by atoms with Gasteiger partial charge in [-0.15, -0.1) is 0 Å². The normalized spacial score (nSPS) is 22.1. The van der Waals surface area contributed by atoms with Gasteiger partial charge in [0.25, 0.3) is 0 Å². The largest absolute Gasteiger partial charge is 0.460 e. The van der Waals surface area contributed by atoms with Crippen LogP contribution in [0, 0.1) is 5.82 Å². The van der Waals surface area contributed by atoms with Gasteiger partial charge in [-0.2, -0.15) is 30.7 Å². The SMILES string of the molecule is Fc1ccccc1C1(Br)C=C(SC(F)(F)C(F)(F)C(F)(F)F)C=C(Br)C1. The van der Waals surface area contributed by atoms with Crippen LogP contribution in [0.3, 0.4) is 0 Å². The van der Waals surface area contributed by atoms with Gasteiger partial charge in [0.05, 0.1) is 4.32 Å². The molecule has 0 N–H and O–H groups in total. The smallest absolute Gasteiger partial charge is 0.207 e. The molecule has 0 aliphatic heterocycles. The van der Waals surface area contributed by atoms with Crippen molar-refractivity contribution in [3.05, 3.63) is 57.2 Å². The van der Waals surface area contributed by atoms with Crippen LogP contribution in [0.15, 0.2) is 45.8 Å². The van der Waals surface area contributed by atoms with Crippen molar-refractivity contribution in [1.29, 1.82) is 0 Å². The molecule has 0 saturated heterocycles. The third-order valence-electron chi connectivity index (χ3n) is 3.39. The second-order valence-corrected chi connectivity index (χ2v) is 8.97. The summed E-state index contributed by atoms with van der Waals surface area (Å²) >= 11 is 5.26. The lowest BCUT2D eigenvalue weighted by atomic mass is 9.92. The van der Waals surface area contributed by atoms with Gasteiger partial charge in [-0.1, -0.05) is 50.1 Å². The zero-order valence-electron chi connectivity index (χ0n) is 12.4. The third kappa shape index (κ3) is 4.14. The minimum atomic E-state index is -6.42. The monoisotopic (exact) mass is 530 g/mol. The van der Waals surface area contributed by atoms with E-state index in [9.17, 15) is 35.1 Å². The summed E-state index contributed by atoms with van der Waals surface area (Å²) in [6.45, 7) is 0. The van der Waals surface area contributed by atoms with Crippen LogP contribution in [0.25, 0.3) is 0 Å². The zero-order chi connectivity index (χ0) is 20.0. The first kappa shape index (κ1) is 21.7. The van der Waals surface area contributed by atoms with Crippen molar-refractivity contribution in [2.45, 2.75) is 28.1 Å². The van der Waals surface area contributed by atoms with Crippen LogP contribution in [-0.4, -0.2) is 17.4 Å². The number of benzene rings is 1. The number of allylic oxidation sites excluding steroid dienone is 3. The van der Waals surface area contributed by atoms with Gasteiger partial charge in [-0.05, 0) is 34.5 Å². The molecular formula is C15H8Br2F8S. The molecule has 0 nitrogen and oxygen atoms in total. The van der Waals surface area contributed by atoms with Crippen LogP contribution < -0.4 is 0 Å². The lowest BCUT2D eigenvalue weighted by Gasteiger charge is -2.32. The van der Waals surface area contributed by atoms with Crippen molar-refractivity contribution in [1.82, 2.24) is 0 Å². The Balaban J connectivity index is 2.43. The predicted molar refractivity (Wildman–Crippen MR) is 90.3 cm³/mol. The fourth-order valence-corrected chi connectivity index (χ4v) is 5.42.